The van der Waals surface area contributed by atoms with Gasteiger partial charge in [0.05, 0.1) is 5.82 Å². The smallest absolute Gasteiger partial charge is 0.0883 e. The highest BCUT2D eigenvalue weighted by molar-refractivity contribution is 4.79. The van der Waals surface area contributed by atoms with Crippen LogP contribution in [0.4, 0.5) is 0 Å². The second-order valence-corrected chi connectivity index (χ2v) is 1.98. The Morgan fingerprint density at radius 1 is 1.33 bits per heavy atom. The largest absolute Gasteiger partial charge is 0.386 e. The summed E-state index contributed by atoms with van der Waals surface area (Å²) in [5, 5.41) is 2.61. The fraction of sp³-hybridized carbons (Fsp3) is 0.429. The first kappa shape index (κ1) is 11.0. The summed E-state index contributed by atoms with van der Waals surface area (Å²) in [6.45, 7) is 10.8. The molecule has 0 bridgehead atoms. The predicted octanol–water partition coefficient (Wildman–Crippen LogP) is 1.22. The molecule has 0 heterocycles. The summed E-state index contributed by atoms with van der Waals surface area (Å²) >= 11 is 0. The van der Waals surface area contributed by atoms with Crippen molar-refractivity contribution < 1.29 is 0 Å². The second kappa shape index (κ2) is 7.08. The predicted molar refractivity (Wildman–Crippen MR) is 42.9 cm³/mol. The fourth-order valence-electron chi connectivity index (χ4n) is 0. The molecule has 0 aromatic rings. The lowest BCUT2D eigenvalue weighted by Crippen LogP contribution is -2.11. The first-order chi connectivity index (χ1) is 4.00. The lowest BCUT2D eigenvalue weighted by atomic mass is 10.4. The summed E-state index contributed by atoms with van der Waals surface area (Å²) in [5.41, 5.74) is 6.15. The molecule has 0 unspecified atom stereocenters. The van der Waals surface area contributed by atoms with Crippen LogP contribution in [0, 0.1) is 0 Å². The van der Waals surface area contributed by atoms with Crippen molar-refractivity contribution in [2.24, 2.45) is 5.73 Å². The second-order valence-electron chi connectivity index (χ2n) is 1.98. The maximum absolute atomic E-state index is 4.99. The van der Waals surface area contributed by atoms with Crippen molar-refractivity contribution >= 4 is 0 Å². The molecule has 9 heavy (non-hydrogen) atoms. The molecule has 0 radical (unpaired) electrons. The monoisotopic (exact) mass is 128 g/mol. The minimum Gasteiger partial charge on any atom is -0.386 e. The molecule has 0 amide bonds. The molecule has 0 aliphatic carbocycles. The molecule has 0 aromatic carbocycles. The standard InChI is InChI=1S/C4H8.C3H8N2/c1-4(2)3;1-3(4)5-2/h1H2,2-3H3;5H,1,4H2,2H3. The molecular formula is C7H16N2. The Kier molecular flexibility index (Phi) is 8.62. The Hall–Kier alpha value is -0.920. The molecule has 0 aromatic heterocycles. The average Bonchev–Trinajstić information content (AvgIpc) is 1.65. The van der Waals surface area contributed by atoms with Gasteiger partial charge < -0.3 is 11.1 Å². The normalized spacial score (nSPS) is 6.56. The summed E-state index contributed by atoms with van der Waals surface area (Å²) in [5.74, 6) is 0.505. The van der Waals surface area contributed by atoms with Crippen LogP contribution in [0.2, 0.25) is 0 Å². The minimum absolute atomic E-state index is 0.505. The maximum atomic E-state index is 4.99. The van der Waals surface area contributed by atoms with Crippen LogP contribution in [0.25, 0.3) is 0 Å². The van der Waals surface area contributed by atoms with Crippen molar-refractivity contribution in [3.63, 3.8) is 0 Å². The summed E-state index contributed by atoms with van der Waals surface area (Å²) in [4.78, 5) is 0. The van der Waals surface area contributed by atoms with Gasteiger partial charge in [0, 0.05) is 7.05 Å². The van der Waals surface area contributed by atoms with Gasteiger partial charge in [-0.25, -0.2) is 0 Å². The summed E-state index contributed by atoms with van der Waals surface area (Å²) < 4.78 is 0. The van der Waals surface area contributed by atoms with Gasteiger partial charge in [0.2, 0.25) is 0 Å². The summed E-state index contributed by atoms with van der Waals surface area (Å²) in [6.07, 6.45) is 0. The van der Waals surface area contributed by atoms with Crippen LogP contribution in [0.5, 0.6) is 0 Å². The molecule has 0 saturated heterocycles. The molecule has 0 aliphatic heterocycles. The van der Waals surface area contributed by atoms with E-state index in [1.54, 1.807) is 7.05 Å². The van der Waals surface area contributed by atoms with Crippen molar-refractivity contribution in [3.8, 4) is 0 Å². The Balaban J connectivity index is 0. The van der Waals surface area contributed by atoms with Crippen molar-refractivity contribution in [3.05, 3.63) is 24.6 Å². The third kappa shape index (κ3) is 157. The van der Waals surface area contributed by atoms with E-state index < -0.39 is 0 Å². The topological polar surface area (TPSA) is 38.0 Å². The molecule has 0 atom stereocenters. The van der Waals surface area contributed by atoms with E-state index in [4.69, 9.17) is 5.73 Å². The van der Waals surface area contributed by atoms with Gasteiger partial charge in [-0.1, -0.05) is 12.2 Å². The average molecular weight is 128 g/mol. The van der Waals surface area contributed by atoms with Gasteiger partial charge in [0.15, 0.2) is 0 Å². The van der Waals surface area contributed by atoms with Crippen LogP contribution in [0.1, 0.15) is 13.8 Å². The van der Waals surface area contributed by atoms with Gasteiger partial charge in [-0.3, -0.25) is 0 Å². The molecule has 2 nitrogen and oxygen atoms in total. The highest BCUT2D eigenvalue weighted by Gasteiger charge is 1.62. The zero-order chi connectivity index (χ0) is 7.86. The molecular weight excluding hydrogens is 112 g/mol. The number of rotatable bonds is 1. The highest BCUT2D eigenvalue weighted by atomic mass is 14.9. The number of allylic oxidation sites excluding steroid dienone is 1. The van der Waals surface area contributed by atoms with Gasteiger partial charge >= 0.3 is 0 Å². The van der Waals surface area contributed by atoms with Crippen LogP contribution >= 0.6 is 0 Å². The Bertz CT molecular complexity index is 91.1. The first-order valence-electron chi connectivity index (χ1n) is 2.75. The van der Waals surface area contributed by atoms with Crippen LogP contribution in [-0.2, 0) is 0 Å². The van der Waals surface area contributed by atoms with Crippen LogP contribution in [-0.4, -0.2) is 7.05 Å². The summed E-state index contributed by atoms with van der Waals surface area (Å²) in [6, 6.07) is 0. The molecule has 3 N–H and O–H groups in total. The fourth-order valence-corrected chi connectivity index (χ4v) is 0. The number of hydrogen-bond acceptors (Lipinski definition) is 2. The van der Waals surface area contributed by atoms with E-state index in [9.17, 15) is 0 Å². The van der Waals surface area contributed by atoms with E-state index in [-0.39, 0.29) is 0 Å². The first-order valence-corrected chi connectivity index (χ1v) is 2.75. The minimum atomic E-state index is 0.505. The number of nitrogens with one attached hydrogen (secondary N) is 1. The van der Waals surface area contributed by atoms with Crippen molar-refractivity contribution in [2.45, 2.75) is 13.8 Å². The molecule has 0 fully saturated rings. The van der Waals surface area contributed by atoms with Gasteiger partial charge in [-0.15, -0.1) is 6.58 Å². The third-order valence-electron chi connectivity index (χ3n) is 0.321. The van der Waals surface area contributed by atoms with Crippen LogP contribution < -0.4 is 11.1 Å². The van der Waals surface area contributed by atoms with E-state index in [1.807, 2.05) is 13.8 Å². The highest BCUT2D eigenvalue weighted by Crippen LogP contribution is 1.73. The maximum Gasteiger partial charge on any atom is 0.0883 e. The van der Waals surface area contributed by atoms with Crippen LogP contribution in [0.3, 0.4) is 0 Å². The third-order valence-corrected chi connectivity index (χ3v) is 0.321. The quantitative estimate of drug-likeness (QED) is 0.521. The SMILES string of the molecule is C=C(C)C.C=C(N)NC. The van der Waals surface area contributed by atoms with Gasteiger partial charge in [0.1, 0.15) is 0 Å². The Labute approximate surface area is 57.4 Å². The van der Waals surface area contributed by atoms with E-state index in [1.165, 1.54) is 5.57 Å². The molecule has 0 rings (SSSR count). The lowest BCUT2D eigenvalue weighted by Gasteiger charge is -1.88. The van der Waals surface area contributed by atoms with E-state index in [2.05, 4.69) is 18.5 Å². The van der Waals surface area contributed by atoms with E-state index >= 15 is 0 Å². The van der Waals surface area contributed by atoms with Gasteiger partial charge in [-0.2, -0.15) is 0 Å². The Morgan fingerprint density at radius 3 is 1.44 bits per heavy atom. The molecule has 0 saturated carbocycles. The van der Waals surface area contributed by atoms with Crippen LogP contribution in [0.15, 0.2) is 24.6 Å². The van der Waals surface area contributed by atoms with E-state index in [0.29, 0.717) is 5.82 Å². The molecule has 2 heteroatoms. The van der Waals surface area contributed by atoms with Crippen molar-refractivity contribution in [2.75, 3.05) is 7.05 Å². The summed E-state index contributed by atoms with van der Waals surface area (Å²) in [7, 11) is 1.72. The molecule has 54 valence electrons. The van der Waals surface area contributed by atoms with Crippen molar-refractivity contribution in [1.82, 2.24) is 5.32 Å². The lowest BCUT2D eigenvalue weighted by molar-refractivity contribution is 0.974. The number of nitrogens with two attached hydrogens (primary N) is 1. The van der Waals surface area contributed by atoms with Gasteiger partial charge in [-0.05, 0) is 13.8 Å². The zero-order valence-electron chi connectivity index (χ0n) is 6.49. The van der Waals surface area contributed by atoms with Gasteiger partial charge in [0.25, 0.3) is 0 Å². The van der Waals surface area contributed by atoms with Crippen molar-refractivity contribution in [1.29, 1.82) is 0 Å². The Morgan fingerprint density at radius 2 is 1.44 bits per heavy atom. The molecule has 0 spiro atoms. The zero-order valence-corrected chi connectivity index (χ0v) is 6.49. The molecule has 0 aliphatic rings. The number of hydrogen-bond donors (Lipinski definition) is 2. The van der Waals surface area contributed by atoms with E-state index in [0.717, 1.165) is 0 Å².